The van der Waals surface area contributed by atoms with Gasteiger partial charge in [-0.05, 0) is 55.5 Å². The first-order chi connectivity index (χ1) is 8.60. The Hall–Kier alpha value is -0.0400. The van der Waals surface area contributed by atoms with E-state index in [0.717, 1.165) is 29.7 Å². The molecule has 0 fully saturated rings. The van der Waals surface area contributed by atoms with Crippen molar-refractivity contribution in [1.29, 1.82) is 0 Å². The fourth-order valence-corrected chi connectivity index (χ4v) is 2.89. The second kappa shape index (κ2) is 8.19. The van der Waals surface area contributed by atoms with Gasteiger partial charge < -0.3 is 10.2 Å². The SMILES string of the molecule is CNC(CCSC)c1c(Br)cnn1CCN(C)C. The zero-order valence-electron chi connectivity index (χ0n) is 11.6. The van der Waals surface area contributed by atoms with Gasteiger partial charge in [0, 0.05) is 6.54 Å². The molecule has 0 bridgehead atoms. The van der Waals surface area contributed by atoms with Gasteiger partial charge in [-0.25, -0.2) is 0 Å². The number of thioether (sulfide) groups is 1. The normalized spacial score (nSPS) is 13.2. The van der Waals surface area contributed by atoms with Crippen LogP contribution in [0.2, 0.25) is 0 Å². The lowest BCUT2D eigenvalue weighted by Gasteiger charge is -2.19. The summed E-state index contributed by atoms with van der Waals surface area (Å²) in [5.41, 5.74) is 1.26. The molecular weight excluding hydrogens is 312 g/mol. The largest absolute Gasteiger partial charge is 0.312 e. The minimum absolute atomic E-state index is 0.358. The molecule has 1 N–H and O–H groups in total. The van der Waals surface area contributed by atoms with Crippen molar-refractivity contribution in [3.63, 3.8) is 0 Å². The molecule has 1 heterocycles. The van der Waals surface area contributed by atoms with Crippen LogP contribution in [0.3, 0.4) is 0 Å². The third-order valence-electron chi connectivity index (χ3n) is 2.88. The quantitative estimate of drug-likeness (QED) is 0.790. The van der Waals surface area contributed by atoms with Crippen LogP contribution in [0.15, 0.2) is 10.7 Å². The Kier molecular flexibility index (Phi) is 7.29. The Bertz CT molecular complexity index is 354. The molecule has 0 radical (unpaired) electrons. The molecular formula is C12H23BrN4S. The Balaban J connectivity index is 2.80. The van der Waals surface area contributed by atoms with Crippen LogP contribution in [0.1, 0.15) is 18.2 Å². The standard InChI is InChI=1S/C12H23BrN4S/c1-14-11(5-8-18-4)12-10(13)9-15-17(12)7-6-16(2)3/h9,11,14H,5-8H2,1-4H3. The van der Waals surface area contributed by atoms with Crippen molar-refractivity contribution in [3.8, 4) is 0 Å². The lowest BCUT2D eigenvalue weighted by molar-refractivity contribution is 0.363. The third-order valence-corrected chi connectivity index (χ3v) is 4.14. The monoisotopic (exact) mass is 334 g/mol. The number of nitrogens with zero attached hydrogens (tertiary/aromatic N) is 3. The molecule has 4 nitrogen and oxygen atoms in total. The highest BCUT2D eigenvalue weighted by atomic mass is 79.9. The van der Waals surface area contributed by atoms with Gasteiger partial charge in [-0.2, -0.15) is 16.9 Å². The Morgan fingerprint density at radius 1 is 1.56 bits per heavy atom. The van der Waals surface area contributed by atoms with Crippen molar-refractivity contribution in [2.24, 2.45) is 0 Å². The molecule has 0 aliphatic carbocycles. The summed E-state index contributed by atoms with van der Waals surface area (Å²) in [6, 6.07) is 0.358. The summed E-state index contributed by atoms with van der Waals surface area (Å²) in [5.74, 6) is 1.15. The lowest BCUT2D eigenvalue weighted by atomic mass is 10.1. The van der Waals surface area contributed by atoms with Gasteiger partial charge in [-0.3, -0.25) is 4.68 Å². The van der Waals surface area contributed by atoms with Crippen molar-refractivity contribution in [2.45, 2.75) is 19.0 Å². The average Bonchev–Trinajstić information content (AvgIpc) is 2.70. The van der Waals surface area contributed by atoms with Gasteiger partial charge in [0.2, 0.25) is 0 Å². The first kappa shape index (κ1) is 16.0. The Morgan fingerprint density at radius 3 is 2.83 bits per heavy atom. The molecule has 18 heavy (non-hydrogen) atoms. The molecule has 1 rings (SSSR count). The van der Waals surface area contributed by atoms with Gasteiger partial charge in [0.15, 0.2) is 0 Å². The van der Waals surface area contributed by atoms with E-state index >= 15 is 0 Å². The van der Waals surface area contributed by atoms with Gasteiger partial charge in [-0.15, -0.1) is 0 Å². The van der Waals surface area contributed by atoms with Crippen LogP contribution in [-0.2, 0) is 6.54 Å². The molecule has 0 aliphatic rings. The molecule has 104 valence electrons. The maximum atomic E-state index is 4.46. The van der Waals surface area contributed by atoms with Crippen LogP contribution in [0.4, 0.5) is 0 Å². The number of halogens is 1. The molecule has 1 atom stereocenters. The number of rotatable bonds is 8. The fourth-order valence-electron chi connectivity index (χ4n) is 1.84. The zero-order valence-corrected chi connectivity index (χ0v) is 14.0. The molecule has 0 aromatic carbocycles. The third kappa shape index (κ3) is 4.57. The smallest absolute Gasteiger partial charge is 0.0696 e. The minimum Gasteiger partial charge on any atom is -0.312 e. The average molecular weight is 335 g/mol. The van der Waals surface area contributed by atoms with Crippen LogP contribution < -0.4 is 5.32 Å². The van der Waals surface area contributed by atoms with Gasteiger partial charge >= 0.3 is 0 Å². The van der Waals surface area contributed by atoms with Crippen molar-refractivity contribution < 1.29 is 0 Å². The van der Waals surface area contributed by atoms with Gasteiger partial charge in [0.25, 0.3) is 0 Å². The second-order valence-electron chi connectivity index (χ2n) is 4.53. The van der Waals surface area contributed by atoms with Crippen LogP contribution >= 0.6 is 27.7 Å². The molecule has 1 unspecified atom stereocenters. The second-order valence-corrected chi connectivity index (χ2v) is 6.37. The molecule has 1 aromatic rings. The van der Waals surface area contributed by atoms with Crippen molar-refractivity contribution >= 4 is 27.7 Å². The number of hydrogen-bond acceptors (Lipinski definition) is 4. The Morgan fingerprint density at radius 2 is 2.28 bits per heavy atom. The van der Waals surface area contributed by atoms with Gasteiger partial charge in [0.1, 0.15) is 0 Å². The molecule has 6 heteroatoms. The highest BCUT2D eigenvalue weighted by Gasteiger charge is 2.18. The Labute approximate surface area is 123 Å². The molecule has 0 saturated heterocycles. The van der Waals surface area contributed by atoms with Crippen molar-refractivity contribution in [3.05, 3.63) is 16.4 Å². The summed E-state index contributed by atoms with van der Waals surface area (Å²) < 4.78 is 3.20. The van der Waals surface area contributed by atoms with Gasteiger partial charge in [-0.1, -0.05) is 0 Å². The van der Waals surface area contributed by atoms with E-state index in [2.05, 4.69) is 56.3 Å². The predicted octanol–water partition coefficient (Wildman–Crippen LogP) is 2.22. The summed E-state index contributed by atoms with van der Waals surface area (Å²) in [4.78, 5) is 2.18. The number of aromatic nitrogens is 2. The van der Waals surface area contributed by atoms with Gasteiger partial charge in [0.05, 0.1) is 29.0 Å². The topological polar surface area (TPSA) is 33.1 Å². The first-order valence-corrected chi connectivity index (χ1v) is 8.31. The van der Waals surface area contributed by atoms with E-state index in [9.17, 15) is 0 Å². The van der Waals surface area contributed by atoms with E-state index in [4.69, 9.17) is 0 Å². The highest BCUT2D eigenvalue weighted by molar-refractivity contribution is 9.10. The fraction of sp³-hybridized carbons (Fsp3) is 0.750. The number of nitrogens with one attached hydrogen (secondary N) is 1. The summed E-state index contributed by atoms with van der Waals surface area (Å²) in [7, 11) is 6.18. The minimum atomic E-state index is 0.358. The zero-order chi connectivity index (χ0) is 13.5. The highest BCUT2D eigenvalue weighted by Crippen LogP contribution is 2.26. The van der Waals surface area contributed by atoms with E-state index in [1.165, 1.54) is 5.69 Å². The van der Waals surface area contributed by atoms with E-state index in [0.29, 0.717) is 6.04 Å². The molecule has 1 aromatic heterocycles. The molecule has 0 amide bonds. The van der Waals surface area contributed by atoms with Crippen LogP contribution in [-0.4, -0.2) is 54.4 Å². The van der Waals surface area contributed by atoms with Crippen molar-refractivity contribution in [1.82, 2.24) is 20.0 Å². The van der Waals surface area contributed by atoms with E-state index in [1.54, 1.807) is 0 Å². The summed E-state index contributed by atoms with van der Waals surface area (Å²) in [5, 5.41) is 7.85. The van der Waals surface area contributed by atoms with E-state index in [-0.39, 0.29) is 0 Å². The number of hydrogen-bond donors (Lipinski definition) is 1. The molecule has 0 spiro atoms. The lowest BCUT2D eigenvalue weighted by Crippen LogP contribution is -2.25. The summed E-state index contributed by atoms with van der Waals surface area (Å²) >= 11 is 5.49. The maximum absolute atomic E-state index is 4.46. The van der Waals surface area contributed by atoms with Crippen LogP contribution in [0.5, 0.6) is 0 Å². The summed E-state index contributed by atoms with van der Waals surface area (Å²) in [6.45, 7) is 1.92. The van der Waals surface area contributed by atoms with E-state index in [1.807, 2.05) is 25.0 Å². The maximum Gasteiger partial charge on any atom is 0.0696 e. The molecule has 0 saturated carbocycles. The summed E-state index contributed by atoms with van der Waals surface area (Å²) in [6.07, 6.45) is 5.16. The van der Waals surface area contributed by atoms with Crippen LogP contribution in [0.25, 0.3) is 0 Å². The first-order valence-electron chi connectivity index (χ1n) is 6.12. The van der Waals surface area contributed by atoms with Crippen LogP contribution in [0, 0.1) is 0 Å². The van der Waals surface area contributed by atoms with Crippen molar-refractivity contribution in [2.75, 3.05) is 39.7 Å². The predicted molar refractivity (Wildman–Crippen MR) is 83.3 cm³/mol. The van der Waals surface area contributed by atoms with E-state index < -0.39 is 0 Å². The number of likely N-dealkylation sites (N-methyl/N-ethyl adjacent to an activating group) is 1. The molecule has 0 aliphatic heterocycles.